The molecule has 0 saturated carbocycles. The van der Waals surface area contributed by atoms with Gasteiger partial charge in [0, 0.05) is 17.4 Å². The highest BCUT2D eigenvalue weighted by atomic mass is 35.5. The van der Waals surface area contributed by atoms with Gasteiger partial charge in [0.1, 0.15) is 0 Å². The Morgan fingerprint density at radius 2 is 1.89 bits per heavy atom. The molecule has 0 unspecified atom stereocenters. The molecule has 0 spiro atoms. The second-order valence-corrected chi connectivity index (χ2v) is 5.84. The molecule has 0 aliphatic heterocycles. The van der Waals surface area contributed by atoms with Gasteiger partial charge in [-0.25, -0.2) is 8.42 Å². The molecule has 2 rings (SSSR count). The van der Waals surface area contributed by atoms with Gasteiger partial charge in [-0.1, -0.05) is 17.7 Å². The lowest BCUT2D eigenvalue weighted by atomic mass is 10.2. The maximum Gasteiger partial charge on any atom is 0.261 e. The van der Waals surface area contributed by atoms with Crippen molar-refractivity contribution in [2.75, 3.05) is 4.72 Å². The van der Waals surface area contributed by atoms with Crippen molar-refractivity contribution in [3.05, 3.63) is 53.3 Å². The first-order chi connectivity index (χ1) is 9.03. The number of anilines is 1. The van der Waals surface area contributed by atoms with Crippen molar-refractivity contribution in [2.24, 2.45) is 0 Å². The van der Waals surface area contributed by atoms with Crippen LogP contribution >= 0.6 is 11.6 Å². The molecule has 0 atom stereocenters. The third-order valence-corrected chi connectivity index (χ3v) is 4.17. The van der Waals surface area contributed by atoms with Gasteiger partial charge >= 0.3 is 0 Å². The van der Waals surface area contributed by atoms with E-state index in [1.165, 1.54) is 30.6 Å². The summed E-state index contributed by atoms with van der Waals surface area (Å²) in [7, 11) is -3.70. The van der Waals surface area contributed by atoms with Gasteiger partial charge in [0.2, 0.25) is 0 Å². The van der Waals surface area contributed by atoms with E-state index in [0.29, 0.717) is 11.3 Å². The number of halogens is 1. The molecule has 0 aliphatic carbocycles. The number of sulfonamides is 1. The number of aliphatic hydroxyl groups excluding tert-OH is 1. The average molecular weight is 299 g/mol. The van der Waals surface area contributed by atoms with Crippen molar-refractivity contribution in [2.45, 2.75) is 11.5 Å². The number of benzene rings is 1. The third-order valence-electron chi connectivity index (χ3n) is 2.44. The van der Waals surface area contributed by atoms with Crippen LogP contribution in [-0.4, -0.2) is 18.5 Å². The maximum absolute atomic E-state index is 12.1. The fraction of sp³-hybridized carbons (Fsp3) is 0.0833. The highest BCUT2D eigenvalue weighted by Crippen LogP contribution is 2.22. The molecule has 0 radical (unpaired) electrons. The lowest BCUT2D eigenvalue weighted by Crippen LogP contribution is -2.13. The highest BCUT2D eigenvalue weighted by Gasteiger charge is 2.15. The molecule has 2 aromatic rings. The molecule has 0 bridgehead atoms. The summed E-state index contributed by atoms with van der Waals surface area (Å²) < 4.78 is 26.6. The van der Waals surface area contributed by atoms with Crippen LogP contribution < -0.4 is 4.72 Å². The van der Waals surface area contributed by atoms with Crippen molar-refractivity contribution in [1.29, 1.82) is 0 Å². The zero-order valence-electron chi connectivity index (χ0n) is 9.75. The van der Waals surface area contributed by atoms with Gasteiger partial charge in [0.15, 0.2) is 0 Å². The zero-order valence-corrected chi connectivity index (χ0v) is 11.3. The first kappa shape index (κ1) is 13.8. The number of pyridine rings is 1. The standard InChI is InChI=1S/C12H11ClN2O3S/c13-12-7-11(2-1-9(12)8-16)19(17,18)15-10-3-5-14-6-4-10/h1-7,16H,8H2,(H,14,15). The SMILES string of the molecule is O=S(=O)(Nc1ccncc1)c1ccc(CO)c(Cl)c1. The molecule has 1 heterocycles. The number of nitrogens with one attached hydrogen (secondary N) is 1. The van der Waals surface area contributed by atoms with Crippen LogP contribution in [0.1, 0.15) is 5.56 Å². The summed E-state index contributed by atoms with van der Waals surface area (Å²) in [6.07, 6.45) is 2.97. The Kier molecular flexibility index (Phi) is 4.04. The van der Waals surface area contributed by atoms with Crippen LogP contribution in [0.25, 0.3) is 0 Å². The molecule has 2 N–H and O–H groups in total. The van der Waals surface area contributed by atoms with Gasteiger partial charge < -0.3 is 5.11 Å². The number of aliphatic hydroxyl groups is 1. The van der Waals surface area contributed by atoms with Gasteiger partial charge in [-0.15, -0.1) is 0 Å². The van der Waals surface area contributed by atoms with Crippen LogP contribution in [0.4, 0.5) is 5.69 Å². The minimum Gasteiger partial charge on any atom is -0.392 e. The Balaban J connectivity index is 2.32. The predicted octanol–water partition coefficient (Wildman–Crippen LogP) is 2.03. The van der Waals surface area contributed by atoms with Gasteiger partial charge in [-0.2, -0.15) is 0 Å². The number of hydrogen-bond acceptors (Lipinski definition) is 4. The lowest BCUT2D eigenvalue weighted by molar-refractivity contribution is 0.282. The van der Waals surface area contributed by atoms with Crippen LogP contribution in [0.2, 0.25) is 5.02 Å². The Hall–Kier alpha value is -1.63. The number of hydrogen-bond donors (Lipinski definition) is 2. The van der Waals surface area contributed by atoms with Crippen LogP contribution in [0.3, 0.4) is 0 Å². The summed E-state index contributed by atoms with van der Waals surface area (Å²) in [5, 5.41) is 9.20. The van der Waals surface area contributed by atoms with E-state index in [2.05, 4.69) is 9.71 Å². The third kappa shape index (κ3) is 3.23. The van der Waals surface area contributed by atoms with Crippen LogP contribution in [0.5, 0.6) is 0 Å². The van der Waals surface area contributed by atoms with Crippen molar-refractivity contribution >= 4 is 27.3 Å². The normalized spacial score (nSPS) is 11.3. The van der Waals surface area contributed by atoms with Gasteiger partial charge in [0.05, 0.1) is 17.2 Å². The van der Waals surface area contributed by atoms with Crippen molar-refractivity contribution in [3.63, 3.8) is 0 Å². The molecule has 0 saturated heterocycles. The van der Waals surface area contributed by atoms with Crippen LogP contribution in [0, 0.1) is 0 Å². The summed E-state index contributed by atoms with van der Waals surface area (Å²) >= 11 is 5.88. The van der Waals surface area contributed by atoms with Crippen LogP contribution in [-0.2, 0) is 16.6 Å². The smallest absolute Gasteiger partial charge is 0.261 e. The quantitative estimate of drug-likeness (QED) is 0.905. The minimum atomic E-state index is -3.70. The van der Waals surface area contributed by atoms with Gasteiger partial charge in [-0.3, -0.25) is 9.71 Å². The van der Waals surface area contributed by atoms with E-state index in [1.54, 1.807) is 12.1 Å². The summed E-state index contributed by atoms with van der Waals surface area (Å²) in [4.78, 5) is 3.84. The molecule has 0 aliphatic rings. The molecule has 1 aromatic heterocycles. The van der Waals surface area contributed by atoms with E-state index in [-0.39, 0.29) is 16.5 Å². The van der Waals surface area contributed by atoms with E-state index in [0.717, 1.165) is 0 Å². The summed E-state index contributed by atoms with van der Waals surface area (Å²) in [6, 6.07) is 7.25. The monoisotopic (exact) mass is 298 g/mol. The molecule has 19 heavy (non-hydrogen) atoms. The molecule has 7 heteroatoms. The van der Waals surface area contributed by atoms with Crippen molar-refractivity contribution in [3.8, 4) is 0 Å². The van der Waals surface area contributed by atoms with E-state index in [9.17, 15) is 8.42 Å². The van der Waals surface area contributed by atoms with E-state index >= 15 is 0 Å². The number of rotatable bonds is 4. The molecule has 5 nitrogen and oxygen atoms in total. The zero-order chi connectivity index (χ0) is 13.9. The van der Waals surface area contributed by atoms with Gasteiger partial charge in [-0.05, 0) is 29.8 Å². The van der Waals surface area contributed by atoms with Crippen molar-refractivity contribution in [1.82, 2.24) is 4.98 Å². The lowest BCUT2D eigenvalue weighted by Gasteiger charge is -2.09. The van der Waals surface area contributed by atoms with E-state index in [1.807, 2.05) is 0 Å². The molecule has 0 amide bonds. The molecule has 0 fully saturated rings. The highest BCUT2D eigenvalue weighted by molar-refractivity contribution is 7.92. The second-order valence-electron chi connectivity index (χ2n) is 3.75. The number of aromatic nitrogens is 1. The molecule has 100 valence electrons. The molecular weight excluding hydrogens is 288 g/mol. The van der Waals surface area contributed by atoms with E-state index < -0.39 is 10.0 Å². The Bertz CT molecular complexity index is 675. The van der Waals surface area contributed by atoms with Crippen molar-refractivity contribution < 1.29 is 13.5 Å². The van der Waals surface area contributed by atoms with E-state index in [4.69, 9.17) is 16.7 Å². The molecular formula is C12H11ClN2O3S. The molecule has 1 aromatic carbocycles. The average Bonchev–Trinajstić information content (AvgIpc) is 2.39. The summed E-state index contributed by atoms with van der Waals surface area (Å²) in [6.45, 7) is -0.239. The summed E-state index contributed by atoms with van der Waals surface area (Å²) in [5.74, 6) is 0. The minimum absolute atomic E-state index is 0.0338. The first-order valence-electron chi connectivity index (χ1n) is 5.35. The number of nitrogens with zero attached hydrogens (tertiary/aromatic N) is 1. The van der Waals surface area contributed by atoms with Gasteiger partial charge in [0.25, 0.3) is 10.0 Å². The predicted molar refractivity (Wildman–Crippen MR) is 72.4 cm³/mol. The Labute approximate surface area is 115 Å². The fourth-order valence-corrected chi connectivity index (χ4v) is 2.85. The Morgan fingerprint density at radius 3 is 2.47 bits per heavy atom. The fourth-order valence-electron chi connectivity index (χ4n) is 1.46. The topological polar surface area (TPSA) is 79.3 Å². The second kappa shape index (κ2) is 5.56. The largest absolute Gasteiger partial charge is 0.392 e. The first-order valence-corrected chi connectivity index (χ1v) is 7.21. The summed E-state index contributed by atoms with van der Waals surface area (Å²) in [5.41, 5.74) is 0.891. The van der Waals surface area contributed by atoms with Crippen LogP contribution in [0.15, 0.2) is 47.6 Å². The maximum atomic E-state index is 12.1. The Morgan fingerprint density at radius 1 is 1.21 bits per heavy atom.